The van der Waals surface area contributed by atoms with Gasteiger partial charge in [0.05, 0.1) is 4.90 Å². The van der Waals surface area contributed by atoms with Crippen LogP contribution in [-0.2, 0) is 14.8 Å². The van der Waals surface area contributed by atoms with Crippen LogP contribution in [0, 0.1) is 6.92 Å². The molecule has 7 nitrogen and oxygen atoms in total. The van der Waals surface area contributed by atoms with Gasteiger partial charge in [-0.3, -0.25) is 14.3 Å². The molecule has 2 aromatic rings. The Bertz CT molecular complexity index is 980. The maximum atomic E-state index is 12.5. The molecule has 3 rings (SSSR count). The minimum atomic E-state index is -3.74. The maximum absolute atomic E-state index is 12.5. The number of amides is 2. The second-order valence-corrected chi connectivity index (χ2v) is 9.23. The maximum Gasteiger partial charge on any atom is 0.261 e. The molecule has 2 aromatic carbocycles. The van der Waals surface area contributed by atoms with Crippen LogP contribution in [0.1, 0.15) is 48.0 Å². The monoisotopic (exact) mass is 429 g/mol. The van der Waals surface area contributed by atoms with Crippen molar-refractivity contribution < 1.29 is 18.0 Å². The zero-order valence-corrected chi connectivity index (χ0v) is 17.8. The van der Waals surface area contributed by atoms with Crippen molar-refractivity contribution in [2.24, 2.45) is 0 Å². The molecule has 0 aromatic heterocycles. The van der Waals surface area contributed by atoms with E-state index in [1.165, 1.54) is 24.3 Å². The van der Waals surface area contributed by atoms with Gasteiger partial charge in [0, 0.05) is 30.3 Å². The molecule has 3 N–H and O–H groups in total. The number of benzene rings is 2. The number of rotatable bonds is 8. The molecule has 30 heavy (non-hydrogen) atoms. The van der Waals surface area contributed by atoms with Gasteiger partial charge in [0.2, 0.25) is 5.91 Å². The van der Waals surface area contributed by atoms with Gasteiger partial charge in [-0.15, -0.1) is 0 Å². The summed E-state index contributed by atoms with van der Waals surface area (Å²) in [4.78, 5) is 24.2. The van der Waals surface area contributed by atoms with Crippen LogP contribution in [0.3, 0.4) is 0 Å². The molecule has 0 bridgehead atoms. The Balaban J connectivity index is 1.50. The molecule has 0 saturated heterocycles. The van der Waals surface area contributed by atoms with Crippen LogP contribution in [0.4, 0.5) is 5.69 Å². The first-order valence-corrected chi connectivity index (χ1v) is 11.6. The van der Waals surface area contributed by atoms with Crippen molar-refractivity contribution in [3.63, 3.8) is 0 Å². The summed E-state index contributed by atoms with van der Waals surface area (Å²) in [5.41, 5.74) is 1.84. The highest BCUT2D eigenvalue weighted by Gasteiger charge is 2.18. The summed E-state index contributed by atoms with van der Waals surface area (Å²) in [7, 11) is -3.74. The third-order valence-corrected chi connectivity index (χ3v) is 6.49. The topological polar surface area (TPSA) is 104 Å². The van der Waals surface area contributed by atoms with Gasteiger partial charge in [0.25, 0.3) is 15.9 Å². The fourth-order valence-corrected chi connectivity index (χ4v) is 4.44. The summed E-state index contributed by atoms with van der Waals surface area (Å²) < 4.78 is 27.5. The highest BCUT2D eigenvalue weighted by atomic mass is 32.2. The van der Waals surface area contributed by atoms with Crippen molar-refractivity contribution in [1.29, 1.82) is 0 Å². The molecule has 8 heteroatoms. The number of nitrogens with one attached hydrogen (secondary N) is 3. The molecule has 0 aliphatic heterocycles. The number of hydrogen-bond acceptors (Lipinski definition) is 4. The lowest BCUT2D eigenvalue weighted by atomic mass is 10.2. The molecule has 0 atom stereocenters. The zero-order valence-electron chi connectivity index (χ0n) is 17.0. The largest absolute Gasteiger partial charge is 0.353 e. The van der Waals surface area contributed by atoms with E-state index in [1.807, 2.05) is 19.1 Å². The minimum Gasteiger partial charge on any atom is -0.353 e. The first kappa shape index (κ1) is 21.8. The van der Waals surface area contributed by atoms with Crippen molar-refractivity contribution in [3.8, 4) is 0 Å². The first-order chi connectivity index (χ1) is 14.3. The van der Waals surface area contributed by atoms with E-state index in [9.17, 15) is 18.0 Å². The van der Waals surface area contributed by atoms with Crippen molar-refractivity contribution in [1.82, 2.24) is 10.6 Å². The van der Waals surface area contributed by atoms with Crippen LogP contribution in [-0.4, -0.2) is 32.8 Å². The highest BCUT2D eigenvalue weighted by Crippen LogP contribution is 2.18. The number of hydrogen-bond donors (Lipinski definition) is 3. The van der Waals surface area contributed by atoms with Gasteiger partial charge in [-0.25, -0.2) is 8.42 Å². The molecule has 0 unspecified atom stereocenters. The Kier molecular flexibility index (Phi) is 7.10. The molecule has 1 aliphatic carbocycles. The Morgan fingerprint density at radius 1 is 0.967 bits per heavy atom. The van der Waals surface area contributed by atoms with Gasteiger partial charge in [0.1, 0.15) is 0 Å². The van der Waals surface area contributed by atoms with Gasteiger partial charge in [-0.05, 0) is 56.2 Å². The van der Waals surface area contributed by atoms with Crippen molar-refractivity contribution >= 4 is 27.5 Å². The van der Waals surface area contributed by atoms with Crippen LogP contribution in [0.2, 0.25) is 0 Å². The molecule has 0 radical (unpaired) electrons. The van der Waals surface area contributed by atoms with Crippen LogP contribution < -0.4 is 15.4 Å². The molecule has 0 spiro atoms. The fourth-order valence-electron chi connectivity index (χ4n) is 3.38. The summed E-state index contributed by atoms with van der Waals surface area (Å²) >= 11 is 0. The van der Waals surface area contributed by atoms with Crippen LogP contribution >= 0.6 is 0 Å². The predicted octanol–water partition coefficient (Wildman–Crippen LogP) is 2.97. The van der Waals surface area contributed by atoms with Crippen molar-refractivity contribution in [3.05, 3.63) is 59.7 Å². The van der Waals surface area contributed by atoms with Gasteiger partial charge in [-0.1, -0.05) is 30.5 Å². The smallest absolute Gasteiger partial charge is 0.261 e. The summed E-state index contributed by atoms with van der Waals surface area (Å²) in [6.07, 6.45) is 4.55. The van der Waals surface area contributed by atoms with E-state index >= 15 is 0 Å². The average Bonchev–Trinajstić information content (AvgIpc) is 3.22. The summed E-state index contributed by atoms with van der Waals surface area (Å²) in [6.45, 7) is 2.15. The molecule has 0 heterocycles. The normalized spacial score (nSPS) is 14.3. The third-order valence-electron chi connectivity index (χ3n) is 5.09. The molecule has 1 fully saturated rings. The number of carbonyl (C=O) groups excluding carboxylic acids is 2. The Hall–Kier alpha value is -2.87. The SMILES string of the molecule is Cc1ccc(NS(=O)(=O)c2ccc(C(=O)NCCC(=O)NC3CCCC3)cc2)cc1. The molecular formula is C22H27N3O4S. The van der Waals surface area contributed by atoms with Crippen molar-refractivity contribution in [2.75, 3.05) is 11.3 Å². The van der Waals surface area contributed by atoms with Gasteiger partial charge < -0.3 is 10.6 Å². The lowest BCUT2D eigenvalue weighted by Gasteiger charge is -2.12. The molecule has 1 aliphatic rings. The van der Waals surface area contributed by atoms with E-state index < -0.39 is 10.0 Å². The van der Waals surface area contributed by atoms with E-state index in [4.69, 9.17) is 0 Å². The Morgan fingerprint density at radius 3 is 2.23 bits per heavy atom. The zero-order chi connectivity index (χ0) is 21.6. The second kappa shape index (κ2) is 9.75. The highest BCUT2D eigenvalue weighted by molar-refractivity contribution is 7.92. The quantitative estimate of drug-likeness (QED) is 0.600. The number of aryl methyl sites for hydroxylation is 1. The van der Waals surface area contributed by atoms with E-state index in [0.29, 0.717) is 11.3 Å². The van der Waals surface area contributed by atoms with E-state index in [0.717, 1.165) is 31.2 Å². The Labute approximate surface area is 177 Å². The lowest BCUT2D eigenvalue weighted by molar-refractivity contribution is -0.121. The van der Waals surface area contributed by atoms with E-state index in [-0.39, 0.29) is 35.7 Å². The van der Waals surface area contributed by atoms with E-state index in [2.05, 4.69) is 15.4 Å². The van der Waals surface area contributed by atoms with Crippen LogP contribution in [0.15, 0.2) is 53.4 Å². The molecule has 160 valence electrons. The van der Waals surface area contributed by atoms with Crippen LogP contribution in [0.25, 0.3) is 0 Å². The summed E-state index contributed by atoms with van der Waals surface area (Å²) in [6, 6.07) is 13.0. The number of carbonyl (C=O) groups is 2. The van der Waals surface area contributed by atoms with E-state index in [1.54, 1.807) is 12.1 Å². The Morgan fingerprint density at radius 2 is 1.60 bits per heavy atom. The average molecular weight is 430 g/mol. The standard InChI is InChI=1S/C22H27N3O4S/c1-16-6-10-19(11-7-16)25-30(28,29)20-12-8-17(9-13-20)22(27)23-15-14-21(26)24-18-4-2-3-5-18/h6-13,18,25H,2-5,14-15H2,1H3,(H,23,27)(H,24,26). The number of anilines is 1. The fraction of sp³-hybridized carbons (Fsp3) is 0.364. The third kappa shape index (κ3) is 6.06. The van der Waals surface area contributed by atoms with Crippen molar-refractivity contribution in [2.45, 2.75) is 50.0 Å². The summed E-state index contributed by atoms with van der Waals surface area (Å²) in [5.74, 6) is -0.412. The predicted molar refractivity (Wildman–Crippen MR) is 116 cm³/mol. The van der Waals surface area contributed by atoms with Gasteiger partial charge in [0.15, 0.2) is 0 Å². The van der Waals surface area contributed by atoms with Crippen LogP contribution in [0.5, 0.6) is 0 Å². The molecule has 2 amide bonds. The lowest BCUT2D eigenvalue weighted by Crippen LogP contribution is -2.35. The number of sulfonamides is 1. The molecule has 1 saturated carbocycles. The second-order valence-electron chi connectivity index (χ2n) is 7.55. The van der Waals surface area contributed by atoms with Gasteiger partial charge >= 0.3 is 0 Å². The molecular weight excluding hydrogens is 402 g/mol. The summed E-state index contributed by atoms with van der Waals surface area (Å²) in [5, 5.41) is 5.67. The first-order valence-electron chi connectivity index (χ1n) is 10.1. The van der Waals surface area contributed by atoms with Gasteiger partial charge in [-0.2, -0.15) is 0 Å². The minimum absolute atomic E-state index is 0.0641.